The molecule has 0 radical (unpaired) electrons. The summed E-state index contributed by atoms with van der Waals surface area (Å²) in [5.74, 6) is 0.672. The molecule has 0 spiro atoms. The van der Waals surface area contributed by atoms with Gasteiger partial charge in [0.05, 0.1) is 0 Å². The minimum Gasteiger partial charge on any atom is -0.0764 e. The fourth-order valence-electron chi connectivity index (χ4n) is 1.68. The van der Waals surface area contributed by atoms with Gasteiger partial charge in [-0.2, -0.15) is 0 Å². The number of hydrogen-bond donors (Lipinski definition) is 0. The van der Waals surface area contributed by atoms with Crippen molar-refractivity contribution in [3.8, 4) is 0 Å². The summed E-state index contributed by atoms with van der Waals surface area (Å²) in [4.78, 5) is 0. The maximum atomic E-state index is 2.30. The zero-order valence-electron chi connectivity index (χ0n) is 6.75. The minimum atomic E-state index is 0.672. The normalized spacial score (nSPS) is 20.3. The van der Waals surface area contributed by atoms with Crippen molar-refractivity contribution in [2.24, 2.45) is 0 Å². The molecule has 1 aliphatic rings. The molecule has 0 heterocycles. The highest BCUT2D eigenvalue weighted by molar-refractivity contribution is 5.62. The van der Waals surface area contributed by atoms with Crippen molar-refractivity contribution in [2.75, 3.05) is 0 Å². The SMILES string of the molecule is CCC1C=Cc2ccccc21. The Kier molecular flexibility index (Phi) is 1.54. The topological polar surface area (TPSA) is 0 Å². The molecule has 56 valence electrons. The van der Waals surface area contributed by atoms with E-state index in [4.69, 9.17) is 0 Å². The number of hydrogen-bond acceptors (Lipinski definition) is 0. The van der Waals surface area contributed by atoms with Gasteiger partial charge in [-0.25, -0.2) is 0 Å². The first-order valence-electron chi connectivity index (χ1n) is 4.19. The van der Waals surface area contributed by atoms with Crippen LogP contribution in [0.25, 0.3) is 6.08 Å². The van der Waals surface area contributed by atoms with Crippen molar-refractivity contribution in [2.45, 2.75) is 19.3 Å². The van der Waals surface area contributed by atoms with E-state index < -0.39 is 0 Å². The van der Waals surface area contributed by atoms with Gasteiger partial charge in [0.25, 0.3) is 0 Å². The lowest BCUT2D eigenvalue weighted by molar-refractivity contribution is 0.818. The maximum Gasteiger partial charge on any atom is 0.00246 e. The second kappa shape index (κ2) is 2.54. The second-order valence-electron chi connectivity index (χ2n) is 3.00. The van der Waals surface area contributed by atoms with Crippen LogP contribution in [0.5, 0.6) is 0 Å². The molecule has 0 amide bonds. The Labute approximate surface area is 67.6 Å². The Morgan fingerprint density at radius 2 is 2.09 bits per heavy atom. The van der Waals surface area contributed by atoms with Crippen molar-refractivity contribution in [1.29, 1.82) is 0 Å². The smallest absolute Gasteiger partial charge is 0.00246 e. The number of fused-ring (bicyclic) bond motifs is 1. The molecule has 0 saturated heterocycles. The third kappa shape index (κ3) is 0.988. The van der Waals surface area contributed by atoms with Crippen LogP contribution in [0.15, 0.2) is 30.3 Å². The van der Waals surface area contributed by atoms with E-state index in [0.29, 0.717) is 5.92 Å². The first-order chi connectivity index (χ1) is 5.42. The highest BCUT2D eigenvalue weighted by Crippen LogP contribution is 2.31. The van der Waals surface area contributed by atoms with Crippen LogP contribution in [0.1, 0.15) is 30.4 Å². The largest absolute Gasteiger partial charge is 0.0764 e. The molecule has 1 atom stereocenters. The highest BCUT2D eigenvalue weighted by Gasteiger charge is 2.13. The molecular weight excluding hydrogens is 132 g/mol. The first-order valence-corrected chi connectivity index (χ1v) is 4.19. The lowest BCUT2D eigenvalue weighted by atomic mass is 9.99. The zero-order chi connectivity index (χ0) is 7.68. The van der Waals surface area contributed by atoms with Gasteiger partial charge in [0.2, 0.25) is 0 Å². The third-order valence-corrected chi connectivity index (χ3v) is 2.34. The van der Waals surface area contributed by atoms with E-state index in [-0.39, 0.29) is 0 Å². The molecule has 2 rings (SSSR count). The van der Waals surface area contributed by atoms with Crippen molar-refractivity contribution < 1.29 is 0 Å². The van der Waals surface area contributed by atoms with Gasteiger partial charge < -0.3 is 0 Å². The van der Waals surface area contributed by atoms with Crippen LogP contribution in [0.3, 0.4) is 0 Å². The second-order valence-corrected chi connectivity index (χ2v) is 3.00. The summed E-state index contributed by atoms with van der Waals surface area (Å²) >= 11 is 0. The lowest BCUT2D eigenvalue weighted by Gasteiger charge is -2.05. The van der Waals surface area contributed by atoms with Gasteiger partial charge in [-0.1, -0.05) is 43.3 Å². The molecule has 1 aromatic rings. The summed E-state index contributed by atoms with van der Waals surface area (Å²) in [6.45, 7) is 2.23. The van der Waals surface area contributed by atoms with Gasteiger partial charge in [-0.05, 0) is 17.5 Å². The molecule has 1 unspecified atom stereocenters. The minimum absolute atomic E-state index is 0.672. The van der Waals surface area contributed by atoms with Gasteiger partial charge in [0, 0.05) is 5.92 Å². The number of rotatable bonds is 1. The van der Waals surface area contributed by atoms with Crippen molar-refractivity contribution in [3.63, 3.8) is 0 Å². The van der Waals surface area contributed by atoms with E-state index in [0.717, 1.165) is 0 Å². The Balaban J connectivity index is 2.46. The van der Waals surface area contributed by atoms with Gasteiger partial charge in [0.15, 0.2) is 0 Å². The molecule has 0 nitrogen and oxygen atoms in total. The van der Waals surface area contributed by atoms with Gasteiger partial charge >= 0.3 is 0 Å². The Bertz CT molecular complexity index is 284. The third-order valence-electron chi connectivity index (χ3n) is 2.34. The Morgan fingerprint density at radius 1 is 1.27 bits per heavy atom. The van der Waals surface area contributed by atoms with Gasteiger partial charge in [-0.3, -0.25) is 0 Å². The summed E-state index contributed by atoms with van der Waals surface area (Å²) in [5, 5.41) is 0. The quantitative estimate of drug-likeness (QED) is 0.567. The van der Waals surface area contributed by atoms with E-state index in [9.17, 15) is 0 Å². The van der Waals surface area contributed by atoms with E-state index in [1.807, 2.05) is 0 Å². The number of benzene rings is 1. The molecule has 0 heteroatoms. The van der Waals surface area contributed by atoms with Crippen LogP contribution < -0.4 is 0 Å². The van der Waals surface area contributed by atoms with Crippen LogP contribution >= 0.6 is 0 Å². The summed E-state index contributed by atoms with van der Waals surface area (Å²) < 4.78 is 0. The first kappa shape index (κ1) is 6.66. The summed E-state index contributed by atoms with van der Waals surface area (Å²) in [7, 11) is 0. The zero-order valence-corrected chi connectivity index (χ0v) is 6.75. The molecule has 0 fully saturated rings. The van der Waals surface area contributed by atoms with Crippen molar-refractivity contribution in [3.05, 3.63) is 41.5 Å². The predicted molar refractivity (Wildman–Crippen MR) is 48.5 cm³/mol. The molecular formula is C11H12. The van der Waals surface area contributed by atoms with Crippen molar-refractivity contribution in [1.82, 2.24) is 0 Å². The monoisotopic (exact) mass is 144 g/mol. The average Bonchev–Trinajstić information content (AvgIpc) is 2.47. The lowest BCUT2D eigenvalue weighted by Crippen LogP contribution is -1.89. The fourth-order valence-corrected chi connectivity index (χ4v) is 1.68. The van der Waals surface area contributed by atoms with Crippen LogP contribution in [0.4, 0.5) is 0 Å². The standard InChI is InChI=1S/C11H12/c1-2-9-7-8-10-5-3-4-6-11(9)10/h3-9H,2H2,1H3. The fraction of sp³-hybridized carbons (Fsp3) is 0.273. The average molecular weight is 144 g/mol. The van der Waals surface area contributed by atoms with E-state index in [1.54, 1.807) is 0 Å². The van der Waals surface area contributed by atoms with Crippen LogP contribution in [-0.4, -0.2) is 0 Å². The molecule has 11 heavy (non-hydrogen) atoms. The summed E-state index contributed by atoms with van der Waals surface area (Å²) in [6.07, 6.45) is 5.74. The summed E-state index contributed by atoms with van der Waals surface area (Å²) in [5.41, 5.74) is 2.90. The van der Waals surface area contributed by atoms with E-state index >= 15 is 0 Å². The summed E-state index contributed by atoms with van der Waals surface area (Å²) in [6, 6.07) is 8.63. The maximum absolute atomic E-state index is 2.30. The van der Waals surface area contributed by atoms with E-state index in [2.05, 4.69) is 43.3 Å². The molecule has 0 saturated carbocycles. The van der Waals surface area contributed by atoms with Gasteiger partial charge in [0.1, 0.15) is 0 Å². The van der Waals surface area contributed by atoms with Gasteiger partial charge in [-0.15, -0.1) is 0 Å². The number of allylic oxidation sites excluding steroid dienone is 1. The van der Waals surface area contributed by atoms with E-state index in [1.165, 1.54) is 17.5 Å². The molecule has 0 aliphatic heterocycles. The Morgan fingerprint density at radius 3 is 2.91 bits per heavy atom. The highest BCUT2D eigenvalue weighted by atomic mass is 14.2. The molecule has 1 aromatic carbocycles. The van der Waals surface area contributed by atoms with Crippen LogP contribution in [-0.2, 0) is 0 Å². The van der Waals surface area contributed by atoms with Crippen molar-refractivity contribution >= 4 is 6.08 Å². The Hall–Kier alpha value is -1.04. The predicted octanol–water partition coefficient (Wildman–Crippen LogP) is 3.21. The van der Waals surface area contributed by atoms with Crippen LogP contribution in [0, 0.1) is 0 Å². The molecule has 0 aromatic heterocycles. The molecule has 1 aliphatic carbocycles. The molecule has 0 N–H and O–H groups in total. The molecule has 0 bridgehead atoms. The van der Waals surface area contributed by atoms with Crippen LogP contribution in [0.2, 0.25) is 0 Å².